The Balaban J connectivity index is 2.93. The first-order valence-corrected chi connectivity index (χ1v) is 10.4. The van der Waals surface area contributed by atoms with Crippen LogP contribution in [-0.4, -0.2) is 78.5 Å². The normalized spacial score (nSPS) is 11.8. The van der Waals surface area contributed by atoms with E-state index in [0.717, 1.165) is 25.9 Å². The minimum atomic E-state index is -0.888. The molecule has 30 heavy (non-hydrogen) atoms. The Morgan fingerprint density at radius 2 is 1.60 bits per heavy atom. The van der Waals surface area contributed by atoms with E-state index in [9.17, 15) is 14.7 Å². The summed E-state index contributed by atoms with van der Waals surface area (Å²) in [5.74, 6) is -1.16. The molecule has 0 spiro atoms. The number of ether oxygens (including phenoxy) is 2. The Morgan fingerprint density at radius 1 is 1.07 bits per heavy atom. The van der Waals surface area contributed by atoms with E-state index in [1.807, 2.05) is 12.4 Å². The van der Waals surface area contributed by atoms with Gasteiger partial charge in [-0.25, -0.2) is 0 Å². The predicted molar refractivity (Wildman–Crippen MR) is 114 cm³/mol. The van der Waals surface area contributed by atoms with Gasteiger partial charge < -0.3 is 35.4 Å². The lowest BCUT2D eigenvalue weighted by Crippen LogP contribution is -3.05. The van der Waals surface area contributed by atoms with Crippen LogP contribution in [0.4, 0.5) is 0 Å². The van der Waals surface area contributed by atoms with Crippen LogP contribution in [0.2, 0.25) is 0 Å². The SMILES string of the molecule is C[NH2+]CCCNC(=O)C(Cc1cc(OC)c(O)c(OC)c1)C(=O)NCCC[NH+](C)C. The molecule has 1 rings (SSSR count). The van der Waals surface area contributed by atoms with E-state index in [4.69, 9.17) is 9.47 Å². The van der Waals surface area contributed by atoms with E-state index in [1.54, 1.807) is 12.1 Å². The molecule has 0 bridgehead atoms. The van der Waals surface area contributed by atoms with E-state index in [-0.39, 0.29) is 35.5 Å². The van der Waals surface area contributed by atoms with Gasteiger partial charge >= 0.3 is 0 Å². The Kier molecular flexibility index (Phi) is 11.6. The molecule has 1 unspecified atom stereocenters. The van der Waals surface area contributed by atoms with Gasteiger partial charge in [0, 0.05) is 25.9 Å². The van der Waals surface area contributed by atoms with Gasteiger partial charge in [0.15, 0.2) is 11.5 Å². The fourth-order valence-electron chi connectivity index (χ4n) is 3.02. The van der Waals surface area contributed by atoms with Crippen LogP contribution in [0.25, 0.3) is 0 Å². The molecule has 2 amide bonds. The molecule has 9 nitrogen and oxygen atoms in total. The highest BCUT2D eigenvalue weighted by Crippen LogP contribution is 2.37. The molecule has 0 aliphatic rings. The van der Waals surface area contributed by atoms with E-state index in [0.29, 0.717) is 18.7 Å². The zero-order chi connectivity index (χ0) is 22.5. The maximum atomic E-state index is 12.8. The zero-order valence-electron chi connectivity index (χ0n) is 18.8. The maximum absolute atomic E-state index is 12.8. The third-order valence-electron chi connectivity index (χ3n) is 4.73. The van der Waals surface area contributed by atoms with Crippen LogP contribution in [0.5, 0.6) is 17.2 Å². The number of phenols is 1. The van der Waals surface area contributed by atoms with Crippen molar-refractivity contribution in [2.75, 3.05) is 61.5 Å². The summed E-state index contributed by atoms with van der Waals surface area (Å²) in [6.07, 6.45) is 1.82. The highest BCUT2D eigenvalue weighted by molar-refractivity contribution is 6.00. The molecule has 0 saturated carbocycles. The molecular formula is C21H38N4O5+2. The van der Waals surface area contributed by atoms with Crippen LogP contribution < -0.4 is 30.3 Å². The Morgan fingerprint density at radius 3 is 2.07 bits per heavy atom. The van der Waals surface area contributed by atoms with Crippen LogP contribution in [0.1, 0.15) is 18.4 Å². The summed E-state index contributed by atoms with van der Waals surface area (Å²) in [5, 5.41) is 17.9. The van der Waals surface area contributed by atoms with Crippen molar-refractivity contribution in [3.8, 4) is 17.2 Å². The third-order valence-corrected chi connectivity index (χ3v) is 4.73. The van der Waals surface area contributed by atoms with E-state index in [2.05, 4.69) is 24.7 Å². The molecule has 6 N–H and O–H groups in total. The summed E-state index contributed by atoms with van der Waals surface area (Å²) in [4.78, 5) is 26.9. The number of carbonyl (C=O) groups excluding carboxylic acids is 2. The lowest BCUT2D eigenvalue weighted by atomic mass is 9.96. The topological polar surface area (TPSA) is 118 Å². The second kappa shape index (κ2) is 13.7. The number of benzene rings is 1. The number of phenolic OH excluding ortho intramolecular Hbond substituents is 1. The fourth-order valence-corrected chi connectivity index (χ4v) is 3.02. The van der Waals surface area contributed by atoms with Crippen LogP contribution in [0.15, 0.2) is 12.1 Å². The van der Waals surface area contributed by atoms with E-state index < -0.39 is 5.92 Å². The smallest absolute Gasteiger partial charge is 0.232 e. The molecule has 0 aromatic heterocycles. The number of hydrogen-bond donors (Lipinski definition) is 5. The molecule has 0 saturated heterocycles. The molecule has 1 aromatic carbocycles. The van der Waals surface area contributed by atoms with Crippen molar-refractivity contribution < 1.29 is 34.4 Å². The minimum absolute atomic E-state index is 0.115. The molecule has 1 aromatic rings. The van der Waals surface area contributed by atoms with Crippen molar-refractivity contribution in [2.45, 2.75) is 19.3 Å². The maximum Gasteiger partial charge on any atom is 0.232 e. The van der Waals surface area contributed by atoms with Crippen molar-refractivity contribution in [2.24, 2.45) is 5.92 Å². The number of nitrogens with two attached hydrogens (primary N) is 1. The van der Waals surface area contributed by atoms with Gasteiger partial charge in [-0.05, 0) is 24.1 Å². The molecule has 0 aliphatic heterocycles. The summed E-state index contributed by atoms with van der Waals surface area (Å²) >= 11 is 0. The largest absolute Gasteiger partial charge is 0.502 e. The van der Waals surface area contributed by atoms with Gasteiger partial charge in [-0.3, -0.25) is 9.59 Å². The summed E-state index contributed by atoms with van der Waals surface area (Å²) in [7, 11) is 8.95. The van der Waals surface area contributed by atoms with Gasteiger partial charge in [0.1, 0.15) is 5.92 Å². The number of amides is 2. The minimum Gasteiger partial charge on any atom is -0.502 e. The van der Waals surface area contributed by atoms with Gasteiger partial charge in [-0.2, -0.15) is 0 Å². The lowest BCUT2D eigenvalue weighted by molar-refractivity contribution is -0.858. The van der Waals surface area contributed by atoms with Gasteiger partial charge in [0.2, 0.25) is 17.6 Å². The van der Waals surface area contributed by atoms with Crippen molar-refractivity contribution in [3.63, 3.8) is 0 Å². The molecule has 0 fully saturated rings. The van der Waals surface area contributed by atoms with Crippen molar-refractivity contribution in [1.82, 2.24) is 10.6 Å². The second-order valence-corrected chi connectivity index (χ2v) is 7.55. The Hall–Kier alpha value is -2.52. The average molecular weight is 427 g/mol. The van der Waals surface area contributed by atoms with Crippen LogP contribution >= 0.6 is 0 Å². The first kappa shape index (κ1) is 25.5. The first-order valence-electron chi connectivity index (χ1n) is 10.4. The number of nitrogens with one attached hydrogen (secondary N) is 3. The molecule has 1 atom stereocenters. The number of quaternary nitrogens is 2. The number of methoxy groups -OCH3 is 2. The highest BCUT2D eigenvalue weighted by Gasteiger charge is 2.27. The molecule has 9 heteroatoms. The second-order valence-electron chi connectivity index (χ2n) is 7.55. The Labute approximate surface area is 179 Å². The molecular weight excluding hydrogens is 388 g/mol. The van der Waals surface area contributed by atoms with Crippen LogP contribution in [-0.2, 0) is 16.0 Å². The van der Waals surface area contributed by atoms with Gasteiger partial charge in [-0.1, -0.05) is 0 Å². The van der Waals surface area contributed by atoms with E-state index >= 15 is 0 Å². The van der Waals surface area contributed by atoms with Crippen LogP contribution in [0, 0.1) is 5.92 Å². The highest BCUT2D eigenvalue weighted by atomic mass is 16.5. The monoisotopic (exact) mass is 426 g/mol. The summed E-state index contributed by atoms with van der Waals surface area (Å²) in [6.45, 7) is 2.85. The number of rotatable bonds is 14. The van der Waals surface area contributed by atoms with Gasteiger partial charge in [-0.15, -0.1) is 0 Å². The number of hydrogen-bond acceptors (Lipinski definition) is 5. The molecule has 0 aliphatic carbocycles. The number of aromatic hydroxyl groups is 1. The van der Waals surface area contributed by atoms with E-state index in [1.165, 1.54) is 19.1 Å². The van der Waals surface area contributed by atoms with Gasteiger partial charge in [0.25, 0.3) is 0 Å². The standard InChI is InChI=1S/C21H36N4O5/c1-22-8-6-9-23-20(27)16(21(28)24-10-7-11-25(2)3)12-15-13-17(29-4)19(26)18(14-15)30-5/h13-14,16,22,26H,6-12H2,1-5H3,(H,23,27)(H,24,28)/p+2. The summed E-state index contributed by atoms with van der Waals surface area (Å²) < 4.78 is 10.4. The lowest BCUT2D eigenvalue weighted by Gasteiger charge is -2.18. The zero-order valence-corrected chi connectivity index (χ0v) is 18.8. The predicted octanol–water partition coefficient (Wildman–Crippen LogP) is -2.08. The van der Waals surface area contributed by atoms with Crippen molar-refractivity contribution in [3.05, 3.63) is 17.7 Å². The van der Waals surface area contributed by atoms with Crippen LogP contribution in [0.3, 0.4) is 0 Å². The van der Waals surface area contributed by atoms with Crippen molar-refractivity contribution in [1.29, 1.82) is 0 Å². The molecule has 0 heterocycles. The first-order chi connectivity index (χ1) is 14.3. The Bertz CT molecular complexity index is 656. The molecule has 0 radical (unpaired) electrons. The molecule has 170 valence electrons. The fraction of sp³-hybridized carbons (Fsp3) is 0.619. The summed E-state index contributed by atoms with van der Waals surface area (Å²) in [5.41, 5.74) is 0.663. The summed E-state index contributed by atoms with van der Waals surface area (Å²) in [6, 6.07) is 3.24. The van der Waals surface area contributed by atoms with Crippen molar-refractivity contribution >= 4 is 11.8 Å². The third kappa shape index (κ3) is 8.46. The quantitative estimate of drug-likeness (QED) is 0.173. The number of carbonyl (C=O) groups is 2. The average Bonchev–Trinajstić information content (AvgIpc) is 2.72. The van der Waals surface area contributed by atoms with Gasteiger partial charge in [0.05, 0.1) is 48.5 Å².